The Morgan fingerprint density at radius 3 is 1.35 bits per heavy atom. The number of rotatable bonds is 10. The summed E-state index contributed by atoms with van der Waals surface area (Å²) in [7, 11) is 6.66. The number of carbonyl (C=O) groups excluding carboxylic acids is 2. The molecule has 0 radical (unpaired) electrons. The number of benzene rings is 4. The molecule has 0 bridgehead atoms. The fraction of sp³-hybridized carbons (Fsp3) is 0.400. The van der Waals surface area contributed by atoms with Gasteiger partial charge >= 0.3 is 0 Å². The third-order valence-corrected chi connectivity index (χ3v) is 14.3. The number of methoxy groups -OCH3 is 4. The Morgan fingerprint density at radius 2 is 0.952 bits per heavy atom. The molecular weight excluding hydrogens is 846 g/mol. The standard InChI is InChI=1S/C25H27ClFNO4.C25H28ClNO4/c1-15-4-5-16(17-6-7-19(26)20(27)13-17)12-18(15)21-22(29)25(28-23(21)30)10-8-24(32-3,9-11-25)14-31-2;1-16-4-5-18(17-6-8-19(26)9-7-17)14-20(16)21-22(28)25(27-23(21)29)12-10-24(31-3,11-13-25)15-30-2/h4-7,12-13,29H,8-11,14H2,1-3H3,(H,28,30);4-9,14,28H,10-13,15H2,1-3H3,(H,27,29)/t24-,25+;. The van der Waals surface area contributed by atoms with Crippen molar-refractivity contribution >= 4 is 46.2 Å². The van der Waals surface area contributed by atoms with Gasteiger partial charge in [-0.05, 0) is 146 Å². The molecule has 2 spiro atoms. The third-order valence-electron chi connectivity index (χ3n) is 13.7. The molecule has 2 saturated carbocycles. The predicted octanol–water partition coefficient (Wildman–Crippen LogP) is 10.3. The molecule has 4 N–H and O–H groups in total. The van der Waals surface area contributed by atoms with E-state index in [4.69, 9.17) is 42.1 Å². The van der Waals surface area contributed by atoms with Gasteiger partial charge in [-0.3, -0.25) is 9.59 Å². The van der Waals surface area contributed by atoms with Crippen LogP contribution in [-0.2, 0) is 28.5 Å². The molecule has 63 heavy (non-hydrogen) atoms. The van der Waals surface area contributed by atoms with E-state index in [-0.39, 0.29) is 39.5 Å². The topological polar surface area (TPSA) is 136 Å². The smallest absolute Gasteiger partial charge is 0.256 e. The summed E-state index contributed by atoms with van der Waals surface area (Å²) < 4.78 is 36.1. The molecule has 0 unspecified atom stereocenters. The first-order valence-electron chi connectivity index (χ1n) is 21.1. The number of aryl methyl sites for hydroxylation is 2. The summed E-state index contributed by atoms with van der Waals surface area (Å²) in [6.45, 7) is 4.79. The molecule has 334 valence electrons. The Balaban J connectivity index is 0.000000189. The van der Waals surface area contributed by atoms with Crippen LogP contribution in [-0.4, -0.2) is 86.0 Å². The van der Waals surface area contributed by atoms with E-state index in [1.807, 2.05) is 74.5 Å². The van der Waals surface area contributed by atoms with Crippen LogP contribution in [0, 0.1) is 19.7 Å². The molecule has 10 nitrogen and oxygen atoms in total. The summed E-state index contributed by atoms with van der Waals surface area (Å²) in [4.78, 5) is 26.1. The molecule has 0 saturated heterocycles. The van der Waals surface area contributed by atoms with E-state index in [1.54, 1.807) is 34.5 Å². The Bertz CT molecular complexity index is 2450. The molecule has 13 heteroatoms. The highest BCUT2D eigenvalue weighted by Gasteiger charge is 2.53. The molecule has 2 heterocycles. The minimum atomic E-state index is -0.809. The fourth-order valence-corrected chi connectivity index (χ4v) is 9.90. The van der Waals surface area contributed by atoms with Crippen LogP contribution in [0.2, 0.25) is 10.0 Å². The maximum Gasteiger partial charge on any atom is 0.256 e. The van der Waals surface area contributed by atoms with E-state index in [2.05, 4.69) is 10.6 Å². The van der Waals surface area contributed by atoms with E-state index >= 15 is 0 Å². The maximum absolute atomic E-state index is 14.0. The molecule has 2 amide bonds. The Kier molecular flexibility index (Phi) is 13.5. The van der Waals surface area contributed by atoms with Crippen LogP contribution >= 0.6 is 23.2 Å². The first-order chi connectivity index (χ1) is 30.1. The van der Waals surface area contributed by atoms with Crippen molar-refractivity contribution < 1.29 is 43.1 Å². The highest BCUT2D eigenvalue weighted by molar-refractivity contribution is 6.31. The van der Waals surface area contributed by atoms with Gasteiger partial charge in [-0.15, -0.1) is 0 Å². The average Bonchev–Trinajstić information content (AvgIpc) is 3.67. The highest BCUT2D eigenvalue weighted by Crippen LogP contribution is 2.48. The van der Waals surface area contributed by atoms with Gasteiger partial charge in [0.15, 0.2) is 0 Å². The molecule has 2 fully saturated rings. The second kappa shape index (κ2) is 18.4. The zero-order valence-electron chi connectivity index (χ0n) is 36.6. The first kappa shape index (κ1) is 46.2. The number of aliphatic hydroxyl groups excluding tert-OH is 2. The molecule has 8 rings (SSSR count). The minimum absolute atomic E-state index is 0.0523. The average molecular weight is 902 g/mol. The highest BCUT2D eigenvalue weighted by atomic mass is 35.5. The molecule has 4 aromatic carbocycles. The maximum atomic E-state index is 14.0. The SMILES string of the molecule is COCC1(OC)CCC2(CC1)NC(=O)C(c1cc(-c3ccc(Cl)cc3)ccc1C)=C2O.COC[C@]1(OC)CC[C@]2(CC1)NC(=O)C(c1cc(-c3ccc(Cl)c(F)c3)ccc1C)=C2O. The summed E-state index contributed by atoms with van der Waals surface area (Å²) in [5, 5.41) is 29.4. The van der Waals surface area contributed by atoms with Gasteiger partial charge in [0.2, 0.25) is 0 Å². The van der Waals surface area contributed by atoms with Gasteiger partial charge in [-0.2, -0.15) is 0 Å². The molecule has 4 aromatic rings. The largest absolute Gasteiger partial charge is 0.509 e. The second-order valence-corrected chi connectivity index (χ2v) is 18.2. The number of hydrogen-bond acceptors (Lipinski definition) is 8. The Hall–Kier alpha value is -4.75. The van der Waals surface area contributed by atoms with Gasteiger partial charge in [0.1, 0.15) is 17.3 Å². The van der Waals surface area contributed by atoms with Crippen LogP contribution in [0.1, 0.15) is 73.6 Å². The van der Waals surface area contributed by atoms with Crippen LogP contribution in [0.15, 0.2) is 90.4 Å². The van der Waals surface area contributed by atoms with Gasteiger partial charge in [-0.1, -0.05) is 65.7 Å². The number of aliphatic hydroxyl groups is 2. The van der Waals surface area contributed by atoms with Crippen molar-refractivity contribution in [2.75, 3.05) is 41.7 Å². The van der Waals surface area contributed by atoms with E-state index in [0.717, 1.165) is 33.4 Å². The van der Waals surface area contributed by atoms with Crippen molar-refractivity contribution in [3.05, 3.63) is 128 Å². The lowest BCUT2D eigenvalue weighted by molar-refractivity contribution is -0.120. The van der Waals surface area contributed by atoms with Crippen molar-refractivity contribution in [1.82, 2.24) is 10.6 Å². The number of halogens is 3. The van der Waals surface area contributed by atoms with E-state index < -0.39 is 22.5 Å². The normalized spacial score (nSPS) is 25.7. The number of amides is 2. The third kappa shape index (κ3) is 8.88. The van der Waals surface area contributed by atoms with E-state index in [0.29, 0.717) is 86.3 Å². The zero-order valence-corrected chi connectivity index (χ0v) is 38.1. The van der Waals surface area contributed by atoms with Crippen LogP contribution in [0.5, 0.6) is 0 Å². The zero-order chi connectivity index (χ0) is 45.3. The quantitative estimate of drug-likeness (QED) is 0.124. The molecular formula is C50H55Cl2FN2O8. The van der Waals surface area contributed by atoms with Crippen molar-refractivity contribution in [2.45, 2.75) is 87.5 Å². The summed E-state index contributed by atoms with van der Waals surface area (Å²) >= 11 is 11.8. The summed E-state index contributed by atoms with van der Waals surface area (Å²) in [6.07, 6.45) is 4.98. The van der Waals surface area contributed by atoms with Crippen molar-refractivity contribution in [3.63, 3.8) is 0 Å². The van der Waals surface area contributed by atoms with Gasteiger partial charge in [-0.25, -0.2) is 4.39 Å². The summed E-state index contributed by atoms with van der Waals surface area (Å²) in [6, 6.07) is 23.7. The number of carbonyl (C=O) groups is 2. The van der Waals surface area contributed by atoms with E-state index in [1.165, 1.54) is 12.1 Å². The van der Waals surface area contributed by atoms with Gasteiger partial charge in [0, 0.05) is 33.5 Å². The predicted molar refractivity (Wildman–Crippen MR) is 244 cm³/mol. The van der Waals surface area contributed by atoms with Gasteiger partial charge < -0.3 is 39.8 Å². The number of ether oxygens (including phenoxy) is 4. The van der Waals surface area contributed by atoms with Crippen LogP contribution in [0.4, 0.5) is 4.39 Å². The van der Waals surface area contributed by atoms with Gasteiger partial charge in [0.05, 0.1) is 51.7 Å². The fourth-order valence-electron chi connectivity index (χ4n) is 9.66. The Morgan fingerprint density at radius 1 is 0.571 bits per heavy atom. The first-order valence-corrected chi connectivity index (χ1v) is 21.9. The van der Waals surface area contributed by atoms with Crippen molar-refractivity contribution in [1.29, 1.82) is 0 Å². The van der Waals surface area contributed by atoms with Crippen LogP contribution < -0.4 is 10.6 Å². The molecule has 2 aliphatic carbocycles. The molecule has 4 aliphatic rings. The molecule has 0 aromatic heterocycles. The van der Waals surface area contributed by atoms with Crippen LogP contribution in [0.3, 0.4) is 0 Å². The lowest BCUT2D eigenvalue weighted by atomic mass is 9.73. The molecule has 2 aliphatic heterocycles. The van der Waals surface area contributed by atoms with Crippen LogP contribution in [0.25, 0.3) is 33.4 Å². The number of nitrogens with one attached hydrogen (secondary N) is 2. The minimum Gasteiger partial charge on any atom is -0.509 e. The summed E-state index contributed by atoms with van der Waals surface area (Å²) in [5.41, 5.74) is 4.80. The van der Waals surface area contributed by atoms with E-state index in [9.17, 15) is 24.2 Å². The van der Waals surface area contributed by atoms with Crippen molar-refractivity contribution in [2.24, 2.45) is 0 Å². The second-order valence-electron chi connectivity index (χ2n) is 17.4. The Labute approximate surface area is 378 Å². The lowest BCUT2D eigenvalue weighted by Gasteiger charge is -2.43. The summed E-state index contributed by atoms with van der Waals surface area (Å²) in [5.74, 6) is -0.846. The van der Waals surface area contributed by atoms with Gasteiger partial charge in [0.25, 0.3) is 11.8 Å². The van der Waals surface area contributed by atoms with Crippen molar-refractivity contribution in [3.8, 4) is 22.3 Å². The molecule has 0 atom stereocenters. The monoisotopic (exact) mass is 900 g/mol. The number of hydrogen-bond donors (Lipinski definition) is 4. The lowest BCUT2D eigenvalue weighted by Crippen LogP contribution is -2.53.